The number of fused-ring (bicyclic) bond motifs is 1. The molecule has 0 saturated heterocycles. The lowest BCUT2D eigenvalue weighted by Crippen LogP contribution is -2.42. The van der Waals surface area contributed by atoms with Crippen LogP contribution in [0.15, 0.2) is 66.7 Å². The van der Waals surface area contributed by atoms with E-state index in [0.717, 1.165) is 10.9 Å². The molecule has 1 amide bonds. The van der Waals surface area contributed by atoms with E-state index in [-0.39, 0.29) is 12.1 Å². The largest absolute Gasteiger partial charge is 0.480 e. The smallest absolute Gasteiger partial charge is 0.326 e. The molecule has 3 aromatic rings. The number of carbonyl (C=O) groups is 2. The maximum absolute atomic E-state index is 12.4. The Morgan fingerprint density at radius 3 is 2.42 bits per heavy atom. The van der Waals surface area contributed by atoms with Gasteiger partial charge in [-0.2, -0.15) is 0 Å². The van der Waals surface area contributed by atoms with Crippen LogP contribution in [0.5, 0.6) is 0 Å². The lowest BCUT2D eigenvalue weighted by molar-refractivity contribution is -0.139. The van der Waals surface area contributed by atoms with Gasteiger partial charge >= 0.3 is 5.97 Å². The van der Waals surface area contributed by atoms with E-state index >= 15 is 0 Å². The Hall–Kier alpha value is -3.21. The van der Waals surface area contributed by atoms with E-state index in [1.807, 2.05) is 54.6 Å². The Kier molecular flexibility index (Phi) is 4.52. The van der Waals surface area contributed by atoms with E-state index in [4.69, 9.17) is 0 Å². The molecule has 0 fully saturated rings. The molecule has 1 atom stereocenters. The number of hydrogen-bond donors (Lipinski definition) is 2. The van der Waals surface area contributed by atoms with Crippen molar-refractivity contribution < 1.29 is 14.7 Å². The SMILES string of the molecule is O=C(N[C@H](Cc1ccccc1)C(=O)O)c1ccc2ccccc2n1. The number of hydrogen-bond acceptors (Lipinski definition) is 3. The summed E-state index contributed by atoms with van der Waals surface area (Å²) in [5.74, 6) is -1.57. The average molecular weight is 320 g/mol. The van der Waals surface area contributed by atoms with Crippen LogP contribution in [0.4, 0.5) is 0 Å². The number of pyridine rings is 1. The quantitative estimate of drug-likeness (QED) is 0.757. The number of carboxylic acids is 1. The lowest BCUT2D eigenvalue weighted by Gasteiger charge is -2.14. The second-order valence-corrected chi connectivity index (χ2v) is 5.44. The highest BCUT2D eigenvalue weighted by Crippen LogP contribution is 2.12. The average Bonchev–Trinajstić information content (AvgIpc) is 2.61. The number of amides is 1. The molecule has 0 bridgehead atoms. The van der Waals surface area contributed by atoms with E-state index in [1.165, 1.54) is 0 Å². The lowest BCUT2D eigenvalue weighted by atomic mass is 10.1. The highest BCUT2D eigenvalue weighted by atomic mass is 16.4. The number of nitrogens with zero attached hydrogens (tertiary/aromatic N) is 1. The van der Waals surface area contributed by atoms with Gasteiger partial charge in [-0.1, -0.05) is 54.6 Å². The van der Waals surface area contributed by atoms with E-state index in [1.54, 1.807) is 12.1 Å². The third-order valence-corrected chi connectivity index (χ3v) is 3.72. The predicted molar refractivity (Wildman–Crippen MR) is 90.8 cm³/mol. The maximum atomic E-state index is 12.4. The predicted octanol–water partition coefficient (Wildman–Crippen LogP) is 2.66. The van der Waals surface area contributed by atoms with Crippen molar-refractivity contribution >= 4 is 22.8 Å². The van der Waals surface area contributed by atoms with Crippen molar-refractivity contribution in [2.75, 3.05) is 0 Å². The van der Waals surface area contributed by atoms with Crippen LogP contribution in [0, 0.1) is 0 Å². The molecular weight excluding hydrogens is 304 g/mol. The number of carbonyl (C=O) groups excluding carboxylic acids is 1. The minimum absolute atomic E-state index is 0.202. The summed E-state index contributed by atoms with van der Waals surface area (Å²) in [6, 6.07) is 19.0. The van der Waals surface area contributed by atoms with E-state index in [2.05, 4.69) is 10.3 Å². The van der Waals surface area contributed by atoms with Gasteiger partial charge in [0.1, 0.15) is 11.7 Å². The molecule has 0 radical (unpaired) electrons. The van der Waals surface area contributed by atoms with Gasteiger partial charge in [-0.25, -0.2) is 9.78 Å². The summed E-state index contributed by atoms with van der Waals surface area (Å²) in [5.41, 5.74) is 1.74. The molecule has 0 unspecified atom stereocenters. The first kappa shape index (κ1) is 15.7. The zero-order chi connectivity index (χ0) is 16.9. The van der Waals surface area contributed by atoms with Crippen molar-refractivity contribution in [3.05, 3.63) is 78.0 Å². The Morgan fingerprint density at radius 2 is 1.67 bits per heavy atom. The summed E-state index contributed by atoms with van der Waals surface area (Å²) >= 11 is 0. The third-order valence-electron chi connectivity index (χ3n) is 3.72. The number of para-hydroxylation sites is 1. The first-order chi connectivity index (χ1) is 11.6. The minimum atomic E-state index is -1.08. The first-order valence-electron chi connectivity index (χ1n) is 7.57. The number of benzene rings is 2. The zero-order valence-electron chi connectivity index (χ0n) is 12.8. The van der Waals surface area contributed by atoms with Crippen LogP contribution >= 0.6 is 0 Å². The van der Waals surface area contributed by atoms with Gasteiger partial charge in [0.05, 0.1) is 5.52 Å². The number of carboxylic acid groups (broad SMARTS) is 1. The number of aromatic nitrogens is 1. The standard InChI is InChI=1S/C19H16N2O3/c22-18(16-11-10-14-8-4-5-9-15(14)20-16)21-17(19(23)24)12-13-6-2-1-3-7-13/h1-11,17H,12H2,(H,21,22)(H,23,24)/t17-/m1/s1. The van der Waals surface area contributed by atoms with Gasteiger partial charge < -0.3 is 10.4 Å². The van der Waals surface area contributed by atoms with Gasteiger partial charge in [0.2, 0.25) is 0 Å². The Morgan fingerprint density at radius 1 is 0.958 bits per heavy atom. The zero-order valence-corrected chi connectivity index (χ0v) is 12.8. The Balaban J connectivity index is 1.78. The first-order valence-corrected chi connectivity index (χ1v) is 7.57. The monoisotopic (exact) mass is 320 g/mol. The molecule has 3 rings (SSSR count). The van der Waals surface area contributed by atoms with Crippen LogP contribution in [0.3, 0.4) is 0 Å². The molecule has 2 N–H and O–H groups in total. The number of nitrogens with one attached hydrogen (secondary N) is 1. The molecule has 5 nitrogen and oxygen atoms in total. The molecule has 2 aromatic carbocycles. The molecule has 120 valence electrons. The van der Waals surface area contributed by atoms with Crippen LogP contribution in [-0.4, -0.2) is 28.0 Å². The van der Waals surface area contributed by atoms with Crippen molar-refractivity contribution in [3.8, 4) is 0 Å². The van der Waals surface area contributed by atoms with E-state index in [9.17, 15) is 14.7 Å². The van der Waals surface area contributed by atoms with E-state index in [0.29, 0.717) is 5.52 Å². The van der Waals surface area contributed by atoms with Crippen molar-refractivity contribution in [3.63, 3.8) is 0 Å². The summed E-state index contributed by atoms with van der Waals surface area (Å²) in [5, 5.41) is 12.8. The minimum Gasteiger partial charge on any atom is -0.480 e. The van der Waals surface area contributed by atoms with Crippen molar-refractivity contribution in [1.29, 1.82) is 0 Å². The molecule has 0 aliphatic rings. The van der Waals surface area contributed by atoms with Crippen LogP contribution in [-0.2, 0) is 11.2 Å². The fourth-order valence-electron chi connectivity index (χ4n) is 2.47. The molecule has 1 aromatic heterocycles. The summed E-state index contributed by atoms with van der Waals surface area (Å²) in [4.78, 5) is 28.1. The number of aliphatic carboxylic acids is 1. The highest BCUT2D eigenvalue weighted by Gasteiger charge is 2.21. The fourth-order valence-corrected chi connectivity index (χ4v) is 2.47. The Bertz CT molecular complexity index is 878. The summed E-state index contributed by atoms with van der Waals surface area (Å²) in [6.07, 6.45) is 0.218. The maximum Gasteiger partial charge on any atom is 0.326 e. The van der Waals surface area contributed by atoms with Crippen LogP contribution in [0.2, 0.25) is 0 Å². The molecule has 0 spiro atoms. The molecule has 0 aliphatic heterocycles. The van der Waals surface area contributed by atoms with Gasteiger partial charge in [-0.05, 0) is 17.7 Å². The molecular formula is C19H16N2O3. The van der Waals surface area contributed by atoms with Crippen LogP contribution in [0.1, 0.15) is 16.1 Å². The topological polar surface area (TPSA) is 79.3 Å². The second-order valence-electron chi connectivity index (χ2n) is 5.44. The van der Waals surface area contributed by atoms with Crippen molar-refractivity contribution in [1.82, 2.24) is 10.3 Å². The summed E-state index contributed by atoms with van der Waals surface area (Å²) < 4.78 is 0. The summed E-state index contributed by atoms with van der Waals surface area (Å²) in [7, 11) is 0. The third kappa shape index (κ3) is 3.57. The Labute approximate surface area is 139 Å². The van der Waals surface area contributed by atoms with Crippen LogP contribution < -0.4 is 5.32 Å². The van der Waals surface area contributed by atoms with Crippen molar-refractivity contribution in [2.24, 2.45) is 0 Å². The highest BCUT2D eigenvalue weighted by molar-refractivity contribution is 5.97. The summed E-state index contributed by atoms with van der Waals surface area (Å²) in [6.45, 7) is 0. The van der Waals surface area contributed by atoms with Gasteiger partial charge in [0, 0.05) is 11.8 Å². The van der Waals surface area contributed by atoms with Gasteiger partial charge in [-0.3, -0.25) is 4.79 Å². The molecule has 0 saturated carbocycles. The van der Waals surface area contributed by atoms with Gasteiger partial charge in [0.15, 0.2) is 0 Å². The fraction of sp³-hybridized carbons (Fsp3) is 0.105. The van der Waals surface area contributed by atoms with Gasteiger partial charge in [-0.15, -0.1) is 0 Å². The molecule has 5 heteroatoms. The van der Waals surface area contributed by atoms with Crippen LogP contribution in [0.25, 0.3) is 10.9 Å². The second kappa shape index (κ2) is 6.91. The number of rotatable bonds is 5. The molecule has 0 aliphatic carbocycles. The van der Waals surface area contributed by atoms with Gasteiger partial charge in [0.25, 0.3) is 5.91 Å². The van der Waals surface area contributed by atoms with E-state index < -0.39 is 17.9 Å². The molecule has 24 heavy (non-hydrogen) atoms. The normalized spacial score (nSPS) is 11.8. The molecule has 1 heterocycles. The van der Waals surface area contributed by atoms with Crippen molar-refractivity contribution in [2.45, 2.75) is 12.5 Å².